The monoisotopic (exact) mass is 375 g/mol. The van der Waals surface area contributed by atoms with Crippen molar-refractivity contribution in [1.82, 2.24) is 0 Å². The van der Waals surface area contributed by atoms with Gasteiger partial charge in [-0.3, -0.25) is 0 Å². The van der Waals surface area contributed by atoms with Crippen molar-refractivity contribution in [1.29, 1.82) is 0 Å². The van der Waals surface area contributed by atoms with Crippen molar-refractivity contribution in [3.8, 4) is 0 Å². The number of rotatable bonds is 3. The number of benzene rings is 1. The standard InChI is InChI=1S/C12H13.C2H6Si.2ClH.Zr/c1-9(2)12-7-10-5-3-4-6-11(10)8-12;1-3-2;;;/h3-9H,1-2H3;1-2H3;2*1H;/q;;;;+2/p-2. The fourth-order valence-electron chi connectivity index (χ4n) is 2.30. The number of halogens is 2. The van der Waals surface area contributed by atoms with Crippen LogP contribution in [0.15, 0.2) is 29.8 Å². The maximum Gasteiger partial charge on any atom is -1.00 e. The Morgan fingerprint density at radius 3 is 2.28 bits per heavy atom. The van der Waals surface area contributed by atoms with Gasteiger partial charge in [-0.2, -0.15) is 0 Å². The van der Waals surface area contributed by atoms with Crippen LogP contribution in [0.3, 0.4) is 0 Å². The Bertz CT molecular complexity index is 416. The molecule has 1 aliphatic carbocycles. The topological polar surface area (TPSA) is 0 Å². The maximum absolute atomic E-state index is 2.50. The van der Waals surface area contributed by atoms with Crippen LogP contribution in [0.1, 0.15) is 28.6 Å². The van der Waals surface area contributed by atoms with Crippen molar-refractivity contribution in [2.24, 2.45) is 5.92 Å². The van der Waals surface area contributed by atoms with Gasteiger partial charge in [0.05, 0.1) is 0 Å². The summed E-state index contributed by atoms with van der Waals surface area (Å²) in [6.45, 7) is 9.69. The summed E-state index contributed by atoms with van der Waals surface area (Å²) in [6.07, 6.45) is 2.47. The third kappa shape index (κ3) is 4.07. The van der Waals surface area contributed by atoms with Gasteiger partial charge >= 0.3 is 112 Å². The molecule has 0 bridgehead atoms. The average molecular weight is 378 g/mol. The van der Waals surface area contributed by atoms with Gasteiger partial charge in [0, 0.05) is 0 Å². The number of hydrogen-bond donors (Lipinski definition) is 0. The van der Waals surface area contributed by atoms with E-state index < -0.39 is 0 Å². The molecule has 0 fully saturated rings. The van der Waals surface area contributed by atoms with Crippen LogP contribution in [0.5, 0.6) is 0 Å². The summed E-state index contributed by atoms with van der Waals surface area (Å²) >= 11 is -0.239. The van der Waals surface area contributed by atoms with E-state index in [9.17, 15) is 0 Å². The van der Waals surface area contributed by atoms with Gasteiger partial charge < -0.3 is 24.8 Å². The predicted molar refractivity (Wildman–Crippen MR) is 69.5 cm³/mol. The molecule has 0 aliphatic heterocycles. The molecule has 0 aromatic heterocycles. The molecule has 1 radical (unpaired) electrons. The minimum atomic E-state index is -0.239. The van der Waals surface area contributed by atoms with E-state index in [-0.39, 0.29) is 53.1 Å². The molecule has 97 valence electrons. The zero-order valence-electron chi connectivity index (χ0n) is 11.3. The van der Waals surface area contributed by atoms with Crippen LogP contribution in [0.2, 0.25) is 13.1 Å². The minimum Gasteiger partial charge on any atom is -1.00 e. The first kappa shape index (κ1) is 18.6. The van der Waals surface area contributed by atoms with Crippen LogP contribution in [0, 0.1) is 5.92 Å². The Morgan fingerprint density at radius 1 is 1.11 bits per heavy atom. The second-order valence-electron chi connectivity index (χ2n) is 5.01. The van der Waals surface area contributed by atoms with Crippen molar-refractivity contribution in [2.45, 2.75) is 30.6 Å². The molecular formula is C14H19Cl2SiZr. The van der Waals surface area contributed by atoms with Gasteiger partial charge in [0.15, 0.2) is 0 Å². The molecule has 0 heterocycles. The minimum absolute atomic E-state index is 0. The summed E-state index contributed by atoms with van der Waals surface area (Å²) in [5.41, 5.74) is 4.86. The third-order valence-corrected chi connectivity index (χ3v) is 11.9. The van der Waals surface area contributed by atoms with Crippen LogP contribution >= 0.6 is 0 Å². The SMILES string of the molecule is CC(C)C1=Cc2ccccc2[CH]1[Zr+2][Si](C)C.[Cl-].[Cl-]. The van der Waals surface area contributed by atoms with E-state index >= 15 is 0 Å². The number of allylic oxidation sites excluding steroid dienone is 1. The van der Waals surface area contributed by atoms with Crippen molar-refractivity contribution in [2.75, 3.05) is 0 Å². The van der Waals surface area contributed by atoms with Gasteiger partial charge in [0.25, 0.3) is 0 Å². The van der Waals surface area contributed by atoms with E-state index in [1.54, 1.807) is 11.1 Å². The third-order valence-electron chi connectivity index (χ3n) is 3.06. The molecule has 0 saturated heterocycles. The first-order chi connectivity index (χ1) is 7.59. The molecule has 0 nitrogen and oxygen atoms in total. The van der Waals surface area contributed by atoms with Crippen molar-refractivity contribution in [3.63, 3.8) is 0 Å². The average Bonchev–Trinajstić information content (AvgIpc) is 2.57. The first-order valence-corrected chi connectivity index (χ1v) is 13.6. The molecule has 0 spiro atoms. The van der Waals surface area contributed by atoms with Gasteiger partial charge in [-0.25, -0.2) is 0 Å². The van der Waals surface area contributed by atoms with E-state index in [1.165, 1.54) is 5.56 Å². The van der Waals surface area contributed by atoms with E-state index in [0.29, 0.717) is 0 Å². The van der Waals surface area contributed by atoms with Crippen molar-refractivity contribution in [3.05, 3.63) is 41.0 Å². The second kappa shape index (κ2) is 8.04. The first-order valence-electron chi connectivity index (χ1n) is 5.96. The van der Waals surface area contributed by atoms with E-state index in [2.05, 4.69) is 57.3 Å². The molecule has 1 aliphatic rings. The molecule has 2 rings (SSSR count). The molecule has 1 unspecified atom stereocenters. The van der Waals surface area contributed by atoms with Crippen LogP contribution in [-0.2, 0) is 22.4 Å². The molecule has 4 heteroatoms. The fraction of sp³-hybridized carbons (Fsp3) is 0.429. The Balaban J connectivity index is 0.00000144. The Labute approximate surface area is 136 Å². The molecule has 1 atom stereocenters. The molecule has 0 amide bonds. The fourth-order valence-corrected chi connectivity index (χ4v) is 11.5. The van der Waals surface area contributed by atoms with E-state index in [0.717, 1.165) is 9.54 Å². The number of hydrogen-bond acceptors (Lipinski definition) is 0. The van der Waals surface area contributed by atoms with Gasteiger partial charge in [0.1, 0.15) is 0 Å². The zero-order chi connectivity index (χ0) is 11.7. The Kier molecular flexibility index (Phi) is 8.33. The molecule has 0 N–H and O–H groups in total. The summed E-state index contributed by atoms with van der Waals surface area (Å²) in [7, 11) is 0. The summed E-state index contributed by atoms with van der Waals surface area (Å²) in [4.78, 5) is 0. The summed E-state index contributed by atoms with van der Waals surface area (Å²) in [5, 5.41) is 0. The summed E-state index contributed by atoms with van der Waals surface area (Å²) in [6, 6.07) is 9.02. The quantitative estimate of drug-likeness (QED) is 0.541. The molecule has 1 aromatic carbocycles. The maximum atomic E-state index is 2.50. The van der Waals surface area contributed by atoms with Gasteiger partial charge in [-0.05, 0) is 0 Å². The molecule has 18 heavy (non-hydrogen) atoms. The van der Waals surface area contributed by atoms with Crippen LogP contribution in [-0.4, -0.2) is 5.92 Å². The molecule has 1 aromatic rings. The van der Waals surface area contributed by atoms with Crippen LogP contribution < -0.4 is 24.8 Å². The van der Waals surface area contributed by atoms with Crippen LogP contribution in [0.25, 0.3) is 6.08 Å². The summed E-state index contributed by atoms with van der Waals surface area (Å²) in [5.74, 6) is 0.726. The van der Waals surface area contributed by atoms with Crippen LogP contribution in [0.4, 0.5) is 0 Å². The Morgan fingerprint density at radius 2 is 1.72 bits per heavy atom. The Hall–Kier alpha value is 0.640. The largest absolute Gasteiger partial charge is 1.00 e. The van der Waals surface area contributed by atoms with E-state index in [4.69, 9.17) is 0 Å². The van der Waals surface area contributed by atoms with Gasteiger partial charge in [-0.15, -0.1) is 0 Å². The molecule has 0 saturated carbocycles. The van der Waals surface area contributed by atoms with E-state index in [1.807, 2.05) is 0 Å². The second-order valence-corrected chi connectivity index (χ2v) is 18.2. The number of fused-ring (bicyclic) bond motifs is 1. The summed E-state index contributed by atoms with van der Waals surface area (Å²) < 4.78 is 0.878. The van der Waals surface area contributed by atoms with Gasteiger partial charge in [0.2, 0.25) is 0 Å². The van der Waals surface area contributed by atoms with Crippen molar-refractivity contribution < 1.29 is 47.2 Å². The predicted octanol–water partition coefficient (Wildman–Crippen LogP) is -1.88. The molecular weight excluding hydrogens is 358 g/mol. The smallest absolute Gasteiger partial charge is 1.00 e. The van der Waals surface area contributed by atoms with Crippen molar-refractivity contribution >= 4 is 12.0 Å². The van der Waals surface area contributed by atoms with Gasteiger partial charge in [-0.1, -0.05) is 0 Å². The zero-order valence-corrected chi connectivity index (χ0v) is 16.3. The normalized spacial score (nSPS) is 16.6.